The molecule has 0 fully saturated rings. The van der Waals surface area contributed by atoms with Gasteiger partial charge in [0.2, 0.25) is 0 Å². The van der Waals surface area contributed by atoms with E-state index in [1.54, 1.807) is 0 Å². The fourth-order valence-corrected chi connectivity index (χ4v) is 16.1. The van der Waals surface area contributed by atoms with E-state index in [0.29, 0.717) is 23.7 Å². The van der Waals surface area contributed by atoms with Gasteiger partial charge in [0.15, 0.2) is 7.98 Å². The molecule has 0 atom stereocenters. The van der Waals surface area contributed by atoms with Crippen LogP contribution >= 0.6 is 17.0 Å². The molecule has 314 valence electrons. The maximum absolute atomic E-state index is 5.98. The van der Waals surface area contributed by atoms with E-state index in [1.807, 2.05) is 0 Å². The van der Waals surface area contributed by atoms with E-state index in [1.165, 1.54) is 66.1 Å². The second-order valence-electron chi connectivity index (χ2n) is 19.8. The first-order chi connectivity index (χ1) is 27.7. The van der Waals surface area contributed by atoms with Crippen molar-refractivity contribution in [3.05, 3.63) is 131 Å². The monoisotopic (exact) mass is 937 g/mol. The van der Waals surface area contributed by atoms with Crippen LogP contribution in [0.15, 0.2) is 109 Å². The number of benzene rings is 4. The summed E-state index contributed by atoms with van der Waals surface area (Å²) in [5.41, 5.74) is 11.4. The molecule has 6 rings (SSSR count). The summed E-state index contributed by atoms with van der Waals surface area (Å²) in [4.78, 5) is 0. The van der Waals surface area contributed by atoms with Gasteiger partial charge in [-0.1, -0.05) is 166 Å². The molecule has 0 bridgehead atoms. The zero-order chi connectivity index (χ0) is 44.1. The van der Waals surface area contributed by atoms with Crippen molar-refractivity contribution in [1.29, 1.82) is 0 Å². The first-order valence-corrected chi connectivity index (χ1v) is 34.9. The minimum atomic E-state index is -1.22. The Morgan fingerprint density at radius 1 is 0.492 bits per heavy atom. The molecule has 0 aromatic heterocycles. The number of halogens is 2. The molecule has 0 aliphatic rings. The van der Waals surface area contributed by atoms with E-state index >= 15 is 0 Å². The number of hydrogen-bond acceptors (Lipinski definition) is 1. The number of fused-ring (bicyclic) bond motifs is 2. The number of hydrogen-bond donors (Lipinski definition) is 0. The van der Waals surface area contributed by atoms with Crippen LogP contribution in [-0.2, 0) is 46.5 Å². The molecule has 0 N–H and O–H groups in total. The van der Waals surface area contributed by atoms with E-state index in [-0.39, 0.29) is 0 Å². The molecule has 2 radical (unpaired) electrons. The fourth-order valence-electron chi connectivity index (χ4n) is 8.05. The topological polar surface area (TPSA) is 3.24 Å². The maximum atomic E-state index is 5.98. The molecule has 0 aliphatic heterocycles. The average Bonchev–Trinajstić information content (AvgIpc) is 3.74. The van der Waals surface area contributed by atoms with Crippen LogP contribution in [0.2, 0.25) is 39.3 Å². The molecule has 0 spiro atoms. The quantitative estimate of drug-likeness (QED) is 0.0873. The van der Waals surface area contributed by atoms with Crippen molar-refractivity contribution in [3.8, 4) is 22.3 Å². The van der Waals surface area contributed by atoms with Crippen LogP contribution in [0, 0.1) is 23.7 Å². The average molecular weight is 940 g/mol. The van der Waals surface area contributed by atoms with Crippen LogP contribution < -0.4 is 0 Å². The van der Waals surface area contributed by atoms with Gasteiger partial charge in [0, 0.05) is 0 Å². The summed E-state index contributed by atoms with van der Waals surface area (Å²) in [5, 5.41) is 5.55. The summed E-state index contributed by atoms with van der Waals surface area (Å²) in [6.45, 7) is 32.0. The molecular formula is C52H72BCl2NSi2Zr. The molecule has 0 saturated carbocycles. The summed E-state index contributed by atoms with van der Waals surface area (Å²) in [5.74, 6) is 2.74. The Balaban J connectivity index is 0.000000245. The first-order valence-electron chi connectivity index (χ1n) is 21.7. The fraction of sp³-hybridized carbons (Fsp3) is 0.423. The second kappa shape index (κ2) is 24.0. The zero-order valence-electron chi connectivity index (χ0n) is 38.8. The molecule has 0 amide bonds. The van der Waals surface area contributed by atoms with Gasteiger partial charge in [-0.2, -0.15) is 12.1 Å². The summed E-state index contributed by atoms with van der Waals surface area (Å²) in [6, 6.07) is 40.7. The molecule has 0 heterocycles. The molecule has 6 aromatic carbocycles. The van der Waals surface area contributed by atoms with E-state index < -0.39 is 37.3 Å². The third kappa shape index (κ3) is 16.3. The van der Waals surface area contributed by atoms with Crippen LogP contribution in [0.3, 0.4) is 0 Å². The first kappa shape index (κ1) is 51.4. The Bertz CT molecular complexity index is 2000. The van der Waals surface area contributed by atoms with Gasteiger partial charge in [-0.05, 0) is 71.6 Å². The van der Waals surface area contributed by atoms with Crippen molar-refractivity contribution in [1.82, 2.24) is 4.14 Å². The number of nitrogens with zero attached hydrogens (tertiary/aromatic N) is 1. The van der Waals surface area contributed by atoms with Gasteiger partial charge < -0.3 is 4.14 Å². The number of rotatable bonds is 12. The van der Waals surface area contributed by atoms with Gasteiger partial charge in [0.05, 0.1) is 0 Å². The van der Waals surface area contributed by atoms with E-state index in [0.717, 1.165) is 25.7 Å². The normalized spacial score (nSPS) is 11.7. The van der Waals surface area contributed by atoms with Gasteiger partial charge in [-0.25, -0.2) is 0 Å². The molecule has 59 heavy (non-hydrogen) atoms. The van der Waals surface area contributed by atoms with Crippen molar-refractivity contribution in [3.63, 3.8) is 0 Å². The van der Waals surface area contributed by atoms with Crippen molar-refractivity contribution >= 4 is 63.0 Å². The summed E-state index contributed by atoms with van der Waals surface area (Å²) in [6.07, 6.45) is 4.57. The van der Waals surface area contributed by atoms with Crippen molar-refractivity contribution in [2.45, 2.75) is 120 Å². The van der Waals surface area contributed by atoms with E-state index in [9.17, 15) is 0 Å². The molecule has 7 heteroatoms. The van der Waals surface area contributed by atoms with Crippen LogP contribution in [0.25, 0.3) is 43.8 Å². The standard InChI is InChI=1S/2C23H27.C6H18BNSi2.2ClH.Zr/c2*1-16(2)12-18-14-20-9-7-11-22(23(20)15-18)21-10-6-5-8-19(21)13-17(3)4;1-9(2,3)8(7)10(4,5)6;;;/h2*5-11,14-17H,12-13H2,1-4H3;1-6H3;2*1H;/q2*-1;;;;+4/p-2. The van der Waals surface area contributed by atoms with Gasteiger partial charge in [-0.15, -0.1) is 69.1 Å². The van der Waals surface area contributed by atoms with Gasteiger partial charge in [0.1, 0.15) is 16.5 Å². The van der Waals surface area contributed by atoms with Crippen molar-refractivity contribution in [2.24, 2.45) is 23.7 Å². The second-order valence-corrected chi connectivity index (χ2v) is 33.7. The van der Waals surface area contributed by atoms with Crippen LogP contribution in [0.1, 0.15) is 77.6 Å². The SMILES string of the molecule is CC(C)Cc1cc2c(-c3ccccc3CC(C)C)cccc2[cH-]1.CC(C)Cc1cc2c(-c3ccccc3CC(C)C)cccc2[cH-]1.[B]N([Si](C)(C)C)[Si](C)(C)C.[Cl][Zr+2][Cl]. The summed E-state index contributed by atoms with van der Waals surface area (Å²) < 4.78 is 2.15. The Hall–Kier alpha value is -1.98. The Labute approximate surface area is 382 Å². The van der Waals surface area contributed by atoms with Gasteiger partial charge in [-0.3, -0.25) is 0 Å². The van der Waals surface area contributed by atoms with Gasteiger partial charge in [0.25, 0.3) is 0 Å². The summed E-state index contributed by atoms with van der Waals surface area (Å²) >= 11 is -0.826. The van der Waals surface area contributed by atoms with E-state index in [2.05, 4.69) is 208 Å². The van der Waals surface area contributed by atoms with Crippen LogP contribution in [-0.4, -0.2) is 28.6 Å². The third-order valence-corrected chi connectivity index (χ3v) is 17.1. The predicted molar refractivity (Wildman–Crippen MR) is 270 cm³/mol. The third-order valence-electron chi connectivity index (χ3n) is 10.2. The van der Waals surface area contributed by atoms with Crippen molar-refractivity contribution in [2.75, 3.05) is 0 Å². The Morgan fingerprint density at radius 2 is 0.797 bits per heavy atom. The van der Waals surface area contributed by atoms with Crippen LogP contribution in [0.5, 0.6) is 0 Å². The molecule has 0 aliphatic carbocycles. The predicted octanol–water partition coefficient (Wildman–Crippen LogP) is 16.7. The zero-order valence-corrected chi connectivity index (χ0v) is 44.8. The van der Waals surface area contributed by atoms with Crippen molar-refractivity contribution < 1.29 is 20.8 Å². The molecular weight excluding hydrogens is 868 g/mol. The Kier molecular flexibility index (Phi) is 20.9. The van der Waals surface area contributed by atoms with Gasteiger partial charge >= 0.3 is 37.9 Å². The van der Waals surface area contributed by atoms with E-state index in [4.69, 9.17) is 25.0 Å². The molecule has 0 saturated heterocycles. The van der Waals surface area contributed by atoms with Crippen LogP contribution in [0.4, 0.5) is 0 Å². The molecule has 1 nitrogen and oxygen atoms in total. The summed E-state index contributed by atoms with van der Waals surface area (Å²) in [7, 11) is 13.4. The minimum absolute atomic E-state index is 0.673. The molecule has 6 aromatic rings. The molecule has 0 unspecified atom stereocenters. The Morgan fingerprint density at radius 3 is 1.08 bits per heavy atom.